The lowest BCUT2D eigenvalue weighted by atomic mass is 9.86. The van der Waals surface area contributed by atoms with Gasteiger partial charge in [0.2, 0.25) is 0 Å². The van der Waals surface area contributed by atoms with E-state index in [-0.39, 0.29) is 11.2 Å². The molecule has 0 bridgehead atoms. The second kappa shape index (κ2) is 5.25. The summed E-state index contributed by atoms with van der Waals surface area (Å²) in [6.45, 7) is 8.46. The molecule has 0 N–H and O–H groups in total. The summed E-state index contributed by atoms with van der Waals surface area (Å²) < 4.78 is 0. The number of nitrogens with zero attached hydrogens (tertiary/aromatic N) is 1. The molecule has 2 aromatic rings. The average Bonchev–Trinajstić information content (AvgIpc) is 2.74. The summed E-state index contributed by atoms with van der Waals surface area (Å²) in [5.74, 6) is 0.130. The van der Waals surface area contributed by atoms with Crippen LogP contribution in [0.4, 0.5) is 0 Å². The first-order valence-electron chi connectivity index (χ1n) is 6.41. The van der Waals surface area contributed by atoms with Crippen molar-refractivity contribution in [2.75, 3.05) is 0 Å². The van der Waals surface area contributed by atoms with Crippen molar-refractivity contribution in [3.8, 4) is 0 Å². The molecule has 3 heteroatoms. The molecule has 0 radical (unpaired) electrons. The topological polar surface area (TPSA) is 30.0 Å². The number of carbonyl (C=O) groups is 1. The molecule has 19 heavy (non-hydrogen) atoms. The average molecular weight is 273 g/mol. The van der Waals surface area contributed by atoms with Gasteiger partial charge in [-0.3, -0.25) is 4.79 Å². The molecule has 1 heterocycles. The van der Waals surface area contributed by atoms with Crippen molar-refractivity contribution in [1.82, 2.24) is 4.98 Å². The maximum absolute atomic E-state index is 12.1. The lowest BCUT2D eigenvalue weighted by Gasteiger charge is -2.18. The zero-order chi connectivity index (χ0) is 14.0. The first kappa shape index (κ1) is 13.9. The van der Waals surface area contributed by atoms with Gasteiger partial charge >= 0.3 is 0 Å². The van der Waals surface area contributed by atoms with Gasteiger partial charge in [0.1, 0.15) is 0 Å². The first-order chi connectivity index (χ1) is 8.86. The minimum atomic E-state index is 0.119. The Labute approximate surface area is 118 Å². The van der Waals surface area contributed by atoms with Gasteiger partial charge in [0, 0.05) is 10.9 Å². The standard InChI is InChI=1S/C16H19NOS/c1-11-17-14(10-19-11)9-15(18)12-5-7-13(8-6-12)16(2,3)4/h5-8,10H,9H2,1-4H3. The number of thiazole rings is 1. The molecule has 2 rings (SSSR count). The van der Waals surface area contributed by atoms with E-state index in [0.717, 1.165) is 16.3 Å². The highest BCUT2D eigenvalue weighted by Crippen LogP contribution is 2.22. The van der Waals surface area contributed by atoms with Gasteiger partial charge in [-0.15, -0.1) is 11.3 Å². The number of rotatable bonds is 3. The summed E-state index contributed by atoms with van der Waals surface area (Å²) in [6, 6.07) is 7.92. The van der Waals surface area contributed by atoms with E-state index < -0.39 is 0 Å². The van der Waals surface area contributed by atoms with E-state index >= 15 is 0 Å². The Kier molecular flexibility index (Phi) is 3.85. The summed E-state index contributed by atoms with van der Waals surface area (Å²) >= 11 is 1.58. The quantitative estimate of drug-likeness (QED) is 0.785. The highest BCUT2D eigenvalue weighted by atomic mass is 32.1. The maximum Gasteiger partial charge on any atom is 0.168 e. The second-order valence-electron chi connectivity index (χ2n) is 5.79. The summed E-state index contributed by atoms with van der Waals surface area (Å²) in [7, 11) is 0. The van der Waals surface area contributed by atoms with Gasteiger partial charge in [0.15, 0.2) is 5.78 Å². The van der Waals surface area contributed by atoms with Crippen molar-refractivity contribution in [1.29, 1.82) is 0 Å². The molecule has 0 unspecified atom stereocenters. The highest BCUT2D eigenvalue weighted by molar-refractivity contribution is 7.09. The Bertz CT molecular complexity index is 576. The van der Waals surface area contributed by atoms with Crippen molar-refractivity contribution < 1.29 is 4.79 Å². The monoisotopic (exact) mass is 273 g/mol. The van der Waals surface area contributed by atoms with Gasteiger partial charge in [-0.2, -0.15) is 0 Å². The third kappa shape index (κ3) is 3.51. The molecule has 0 aliphatic rings. The molecule has 0 saturated heterocycles. The van der Waals surface area contributed by atoms with Gasteiger partial charge in [0.05, 0.1) is 17.1 Å². The van der Waals surface area contributed by atoms with E-state index in [0.29, 0.717) is 6.42 Å². The van der Waals surface area contributed by atoms with Gasteiger partial charge in [-0.1, -0.05) is 45.0 Å². The minimum Gasteiger partial charge on any atom is -0.294 e. The number of aryl methyl sites for hydroxylation is 1. The maximum atomic E-state index is 12.1. The third-order valence-corrected chi connectivity index (χ3v) is 3.90. The minimum absolute atomic E-state index is 0.119. The van der Waals surface area contributed by atoms with E-state index in [1.165, 1.54) is 5.56 Å². The number of aromatic nitrogens is 1. The number of hydrogen-bond acceptors (Lipinski definition) is 3. The second-order valence-corrected chi connectivity index (χ2v) is 6.85. The van der Waals surface area contributed by atoms with Crippen LogP contribution in [-0.2, 0) is 11.8 Å². The zero-order valence-electron chi connectivity index (χ0n) is 11.9. The summed E-state index contributed by atoms with van der Waals surface area (Å²) in [4.78, 5) is 16.5. The van der Waals surface area contributed by atoms with E-state index in [1.54, 1.807) is 11.3 Å². The number of ketones is 1. The van der Waals surface area contributed by atoms with Gasteiger partial charge in [-0.25, -0.2) is 4.98 Å². The summed E-state index contributed by atoms with van der Waals surface area (Å²) in [5, 5.41) is 2.96. The molecule has 0 fully saturated rings. The van der Waals surface area contributed by atoms with Crippen LogP contribution in [0.3, 0.4) is 0 Å². The van der Waals surface area contributed by atoms with E-state index in [2.05, 4.69) is 25.8 Å². The number of benzene rings is 1. The fourth-order valence-electron chi connectivity index (χ4n) is 1.91. The van der Waals surface area contributed by atoms with Crippen LogP contribution in [0.2, 0.25) is 0 Å². The fourth-order valence-corrected chi connectivity index (χ4v) is 2.52. The van der Waals surface area contributed by atoms with Gasteiger partial charge < -0.3 is 0 Å². The Morgan fingerprint density at radius 3 is 2.32 bits per heavy atom. The van der Waals surface area contributed by atoms with Crippen molar-refractivity contribution in [2.24, 2.45) is 0 Å². The lowest BCUT2D eigenvalue weighted by molar-refractivity contribution is 0.0992. The van der Waals surface area contributed by atoms with Crippen LogP contribution in [-0.4, -0.2) is 10.8 Å². The van der Waals surface area contributed by atoms with E-state index in [4.69, 9.17) is 0 Å². The van der Waals surface area contributed by atoms with Crippen molar-refractivity contribution >= 4 is 17.1 Å². The fraction of sp³-hybridized carbons (Fsp3) is 0.375. The Morgan fingerprint density at radius 1 is 1.21 bits per heavy atom. The molecule has 0 amide bonds. The molecule has 0 aliphatic heterocycles. The molecule has 0 spiro atoms. The first-order valence-corrected chi connectivity index (χ1v) is 7.29. The van der Waals surface area contributed by atoms with Crippen LogP contribution >= 0.6 is 11.3 Å². The molecular weight excluding hydrogens is 254 g/mol. The van der Waals surface area contributed by atoms with E-state index in [9.17, 15) is 4.79 Å². The normalized spacial score (nSPS) is 11.6. The van der Waals surface area contributed by atoms with Crippen LogP contribution in [0.1, 0.15) is 47.4 Å². The molecular formula is C16H19NOS. The number of hydrogen-bond donors (Lipinski definition) is 0. The zero-order valence-corrected chi connectivity index (χ0v) is 12.7. The van der Waals surface area contributed by atoms with Crippen molar-refractivity contribution in [3.05, 3.63) is 51.5 Å². The van der Waals surface area contributed by atoms with Crippen molar-refractivity contribution in [2.45, 2.75) is 39.5 Å². The Balaban J connectivity index is 2.12. The molecule has 1 aromatic heterocycles. The summed E-state index contributed by atoms with van der Waals surface area (Å²) in [5.41, 5.74) is 2.99. The van der Waals surface area contributed by atoms with Crippen LogP contribution in [0, 0.1) is 6.92 Å². The van der Waals surface area contributed by atoms with Crippen LogP contribution in [0.25, 0.3) is 0 Å². The van der Waals surface area contributed by atoms with Crippen LogP contribution < -0.4 is 0 Å². The predicted octanol–water partition coefficient (Wildman–Crippen LogP) is 4.17. The number of Topliss-reactive ketones (excluding diaryl/α,β-unsaturated/α-hetero) is 1. The van der Waals surface area contributed by atoms with Gasteiger partial charge in [0.25, 0.3) is 0 Å². The number of carbonyl (C=O) groups excluding carboxylic acids is 1. The van der Waals surface area contributed by atoms with Crippen molar-refractivity contribution in [3.63, 3.8) is 0 Å². The van der Waals surface area contributed by atoms with E-state index in [1.807, 2.05) is 36.6 Å². The van der Waals surface area contributed by atoms with Crippen LogP contribution in [0.5, 0.6) is 0 Å². The Morgan fingerprint density at radius 2 is 1.84 bits per heavy atom. The third-order valence-electron chi connectivity index (χ3n) is 3.08. The smallest absolute Gasteiger partial charge is 0.168 e. The molecule has 0 atom stereocenters. The van der Waals surface area contributed by atoms with Crippen LogP contribution in [0.15, 0.2) is 29.6 Å². The molecule has 100 valence electrons. The lowest BCUT2D eigenvalue weighted by Crippen LogP contribution is -2.11. The molecule has 1 aromatic carbocycles. The Hall–Kier alpha value is -1.48. The molecule has 0 aliphatic carbocycles. The highest BCUT2D eigenvalue weighted by Gasteiger charge is 2.14. The SMILES string of the molecule is Cc1nc(CC(=O)c2ccc(C(C)(C)C)cc2)cs1. The summed E-state index contributed by atoms with van der Waals surface area (Å²) in [6.07, 6.45) is 0.388. The molecule has 0 saturated carbocycles. The largest absolute Gasteiger partial charge is 0.294 e. The molecule has 2 nitrogen and oxygen atoms in total. The van der Waals surface area contributed by atoms with Gasteiger partial charge in [-0.05, 0) is 17.9 Å². The predicted molar refractivity (Wildman–Crippen MR) is 80.0 cm³/mol.